The van der Waals surface area contributed by atoms with Crippen molar-refractivity contribution in [1.82, 2.24) is 10.2 Å². The molecule has 0 radical (unpaired) electrons. The van der Waals surface area contributed by atoms with E-state index in [4.69, 9.17) is 16.3 Å². The Morgan fingerprint density at radius 2 is 1.61 bits per heavy atom. The van der Waals surface area contributed by atoms with E-state index in [2.05, 4.69) is 5.32 Å². The van der Waals surface area contributed by atoms with Gasteiger partial charge in [0.05, 0.1) is 17.7 Å². The van der Waals surface area contributed by atoms with Crippen molar-refractivity contribution in [2.24, 2.45) is 0 Å². The number of carbonyl (C=O) groups excluding carboxylic acids is 2. The molecule has 0 fully saturated rings. The lowest BCUT2D eigenvalue weighted by molar-refractivity contribution is -0.139. The van der Waals surface area contributed by atoms with Gasteiger partial charge in [0.2, 0.25) is 11.8 Å². The minimum atomic E-state index is -4.15. The number of amides is 2. The van der Waals surface area contributed by atoms with Gasteiger partial charge >= 0.3 is 0 Å². The maximum Gasteiger partial charge on any atom is 0.264 e. The van der Waals surface area contributed by atoms with Crippen LogP contribution in [-0.4, -0.2) is 51.9 Å². The fourth-order valence-electron chi connectivity index (χ4n) is 3.86. The molecule has 0 aliphatic heterocycles. The number of nitrogens with zero attached hydrogens (tertiary/aromatic N) is 2. The van der Waals surface area contributed by atoms with Crippen molar-refractivity contribution in [1.29, 1.82) is 0 Å². The van der Waals surface area contributed by atoms with Crippen LogP contribution in [0, 0.1) is 13.8 Å². The summed E-state index contributed by atoms with van der Waals surface area (Å²) in [5.41, 5.74) is 2.96. The summed E-state index contributed by atoms with van der Waals surface area (Å²) in [4.78, 5) is 27.7. The SMILES string of the molecule is CNC(=O)C(C)N(Cc1ccc(OC)cc1)C(=O)CN(c1ccc(C)c(C)c1)S(=O)(=O)c1ccc(Cl)cc1. The molecule has 1 unspecified atom stereocenters. The molecule has 10 heteroatoms. The number of carbonyl (C=O) groups is 2. The lowest BCUT2D eigenvalue weighted by Crippen LogP contribution is -2.50. The van der Waals surface area contributed by atoms with Crippen LogP contribution in [0.3, 0.4) is 0 Å². The minimum Gasteiger partial charge on any atom is -0.497 e. The maximum absolute atomic E-state index is 13.8. The predicted octanol–water partition coefficient (Wildman–Crippen LogP) is 4.32. The average molecular weight is 558 g/mol. The van der Waals surface area contributed by atoms with Gasteiger partial charge in [0.1, 0.15) is 18.3 Å². The van der Waals surface area contributed by atoms with Crippen molar-refractivity contribution in [2.75, 3.05) is 25.0 Å². The van der Waals surface area contributed by atoms with E-state index in [1.807, 2.05) is 19.9 Å². The van der Waals surface area contributed by atoms with E-state index >= 15 is 0 Å². The second-order valence-electron chi connectivity index (χ2n) is 8.89. The molecule has 1 atom stereocenters. The van der Waals surface area contributed by atoms with Crippen LogP contribution in [-0.2, 0) is 26.2 Å². The normalized spacial score (nSPS) is 11.9. The van der Waals surface area contributed by atoms with Crippen LogP contribution < -0.4 is 14.4 Å². The summed E-state index contributed by atoms with van der Waals surface area (Å²) in [5, 5.41) is 2.96. The summed E-state index contributed by atoms with van der Waals surface area (Å²) in [6.07, 6.45) is 0. The van der Waals surface area contributed by atoms with E-state index < -0.39 is 28.5 Å². The molecule has 0 bridgehead atoms. The van der Waals surface area contributed by atoms with E-state index in [0.717, 1.165) is 21.0 Å². The van der Waals surface area contributed by atoms with Crippen molar-refractivity contribution in [3.05, 3.63) is 88.4 Å². The average Bonchev–Trinajstić information content (AvgIpc) is 2.91. The molecule has 8 nitrogen and oxygen atoms in total. The summed E-state index contributed by atoms with van der Waals surface area (Å²) in [6.45, 7) is 4.99. The van der Waals surface area contributed by atoms with Gasteiger partial charge in [-0.1, -0.05) is 29.8 Å². The Hall–Kier alpha value is -3.56. The number of hydrogen-bond donors (Lipinski definition) is 1. The van der Waals surface area contributed by atoms with Gasteiger partial charge in [0, 0.05) is 18.6 Å². The number of hydrogen-bond acceptors (Lipinski definition) is 5. The molecule has 0 spiro atoms. The third-order valence-corrected chi connectivity index (χ3v) is 8.42. The van der Waals surface area contributed by atoms with Crippen LogP contribution in [0.25, 0.3) is 0 Å². The third-order valence-electron chi connectivity index (χ3n) is 6.38. The van der Waals surface area contributed by atoms with E-state index in [0.29, 0.717) is 16.5 Å². The molecule has 0 aromatic heterocycles. The first-order chi connectivity index (χ1) is 18.0. The van der Waals surface area contributed by atoms with Crippen molar-refractivity contribution in [3.8, 4) is 5.75 Å². The van der Waals surface area contributed by atoms with E-state index in [-0.39, 0.29) is 17.3 Å². The Labute approximate surface area is 229 Å². The molecule has 0 saturated heterocycles. The third kappa shape index (κ3) is 6.65. The van der Waals surface area contributed by atoms with E-state index in [1.165, 1.54) is 36.2 Å². The van der Waals surface area contributed by atoms with Crippen molar-refractivity contribution >= 4 is 39.1 Å². The smallest absolute Gasteiger partial charge is 0.264 e. The monoisotopic (exact) mass is 557 g/mol. The highest BCUT2D eigenvalue weighted by Crippen LogP contribution is 2.27. The molecule has 202 valence electrons. The molecule has 1 N–H and O–H groups in total. The van der Waals surface area contributed by atoms with Crippen molar-refractivity contribution in [3.63, 3.8) is 0 Å². The van der Waals surface area contributed by atoms with Gasteiger partial charge in [-0.3, -0.25) is 13.9 Å². The van der Waals surface area contributed by atoms with Crippen LogP contribution in [0.4, 0.5) is 5.69 Å². The van der Waals surface area contributed by atoms with Gasteiger partial charge in [-0.15, -0.1) is 0 Å². The van der Waals surface area contributed by atoms with Gasteiger partial charge < -0.3 is 15.0 Å². The van der Waals surface area contributed by atoms with Crippen LogP contribution in [0.2, 0.25) is 5.02 Å². The van der Waals surface area contributed by atoms with Crippen molar-refractivity contribution in [2.45, 2.75) is 38.3 Å². The number of halogens is 1. The number of nitrogens with one attached hydrogen (secondary N) is 1. The predicted molar refractivity (Wildman–Crippen MR) is 149 cm³/mol. The van der Waals surface area contributed by atoms with Gasteiger partial charge in [-0.2, -0.15) is 0 Å². The Balaban J connectivity index is 2.04. The van der Waals surface area contributed by atoms with Crippen LogP contribution >= 0.6 is 11.6 Å². The van der Waals surface area contributed by atoms with Crippen LogP contribution in [0.15, 0.2) is 71.6 Å². The molecule has 3 rings (SSSR count). The summed E-state index contributed by atoms with van der Waals surface area (Å²) in [5.74, 6) is -0.251. The number of aryl methyl sites for hydroxylation is 2. The Morgan fingerprint density at radius 3 is 2.16 bits per heavy atom. The standard InChI is InChI=1S/C28H32ClN3O5S/c1-19-6-11-24(16-20(19)2)32(38(35,36)26-14-9-23(29)10-15-26)18-27(33)31(21(3)28(34)30-4)17-22-7-12-25(37-5)13-8-22/h6-16,21H,17-18H2,1-5H3,(H,30,34). The van der Waals surface area contributed by atoms with E-state index in [9.17, 15) is 18.0 Å². The summed E-state index contributed by atoms with van der Waals surface area (Å²) >= 11 is 5.98. The zero-order chi connectivity index (χ0) is 28.0. The molecule has 38 heavy (non-hydrogen) atoms. The second kappa shape index (κ2) is 12.3. The lowest BCUT2D eigenvalue weighted by atomic mass is 10.1. The molecule has 0 aliphatic carbocycles. The van der Waals surface area contributed by atoms with Gasteiger partial charge in [0.15, 0.2) is 0 Å². The maximum atomic E-state index is 13.8. The second-order valence-corrected chi connectivity index (χ2v) is 11.2. The molecular formula is C28H32ClN3O5S. The quantitative estimate of drug-likeness (QED) is 0.400. The molecular weight excluding hydrogens is 526 g/mol. The number of sulfonamides is 1. The van der Waals surface area contributed by atoms with Gasteiger partial charge in [-0.25, -0.2) is 8.42 Å². The summed E-state index contributed by atoms with van der Waals surface area (Å²) < 4.78 is 33.9. The zero-order valence-electron chi connectivity index (χ0n) is 22.1. The Morgan fingerprint density at radius 1 is 0.974 bits per heavy atom. The highest BCUT2D eigenvalue weighted by molar-refractivity contribution is 7.92. The summed E-state index contributed by atoms with van der Waals surface area (Å²) in [7, 11) is -1.11. The van der Waals surface area contributed by atoms with Crippen molar-refractivity contribution < 1.29 is 22.7 Å². The number of ether oxygens (including phenoxy) is 1. The fourth-order valence-corrected chi connectivity index (χ4v) is 5.39. The van der Waals surface area contributed by atoms with Crippen LogP contribution in [0.1, 0.15) is 23.6 Å². The largest absolute Gasteiger partial charge is 0.497 e. The Kier molecular flexibility index (Phi) is 9.40. The van der Waals surface area contributed by atoms with E-state index in [1.54, 1.807) is 50.4 Å². The summed E-state index contributed by atoms with van der Waals surface area (Å²) in [6, 6.07) is 17.2. The first kappa shape index (κ1) is 29.0. The first-order valence-corrected chi connectivity index (χ1v) is 13.8. The minimum absolute atomic E-state index is 0.00557. The molecule has 0 saturated carbocycles. The number of benzene rings is 3. The number of anilines is 1. The fraction of sp³-hybridized carbons (Fsp3) is 0.286. The van der Waals surface area contributed by atoms with Gasteiger partial charge in [-0.05, 0) is 86.0 Å². The number of rotatable bonds is 10. The van der Waals surface area contributed by atoms with Gasteiger partial charge in [0.25, 0.3) is 10.0 Å². The Bertz CT molecular complexity index is 1390. The first-order valence-electron chi connectivity index (χ1n) is 12.0. The lowest BCUT2D eigenvalue weighted by Gasteiger charge is -2.32. The zero-order valence-corrected chi connectivity index (χ0v) is 23.6. The molecule has 3 aromatic carbocycles. The highest BCUT2D eigenvalue weighted by atomic mass is 35.5. The molecule has 2 amide bonds. The van der Waals surface area contributed by atoms with Crippen LogP contribution in [0.5, 0.6) is 5.75 Å². The highest BCUT2D eigenvalue weighted by Gasteiger charge is 2.32. The topological polar surface area (TPSA) is 96.0 Å². The molecule has 0 aliphatic rings. The molecule has 3 aromatic rings. The number of likely N-dealkylation sites (N-methyl/N-ethyl adjacent to an activating group) is 1. The number of methoxy groups -OCH3 is 1. The molecule has 0 heterocycles.